The Labute approximate surface area is 160 Å². The van der Waals surface area contributed by atoms with Crippen molar-refractivity contribution in [3.05, 3.63) is 23.0 Å². The zero-order chi connectivity index (χ0) is 19.3. The van der Waals surface area contributed by atoms with Crippen molar-refractivity contribution >= 4 is 11.6 Å². The number of epoxide rings is 2. The van der Waals surface area contributed by atoms with Crippen LogP contribution in [0.25, 0.3) is 0 Å². The van der Waals surface area contributed by atoms with Gasteiger partial charge in [0.1, 0.15) is 36.6 Å². The van der Waals surface area contributed by atoms with Gasteiger partial charge in [0.05, 0.1) is 30.0 Å². The molecule has 12 atom stereocenters. The first-order chi connectivity index (χ1) is 13.4. The number of ether oxygens (including phenoxy) is 4. The molecule has 0 aromatic rings. The highest BCUT2D eigenvalue weighted by molar-refractivity contribution is 6.06. The van der Waals surface area contributed by atoms with Gasteiger partial charge in [-0.3, -0.25) is 9.59 Å². The van der Waals surface area contributed by atoms with E-state index in [9.17, 15) is 19.8 Å². The summed E-state index contributed by atoms with van der Waals surface area (Å²) in [7, 11) is 0. The second kappa shape index (κ2) is 4.60. The number of ketones is 2. The van der Waals surface area contributed by atoms with E-state index in [1.54, 1.807) is 0 Å². The Morgan fingerprint density at radius 2 is 1.68 bits per heavy atom. The highest BCUT2D eigenvalue weighted by atomic mass is 16.6. The van der Waals surface area contributed by atoms with Crippen LogP contribution in [0.15, 0.2) is 23.0 Å². The highest BCUT2D eigenvalue weighted by Gasteiger charge is 2.78. The maximum atomic E-state index is 13.7. The van der Waals surface area contributed by atoms with Gasteiger partial charge in [0.25, 0.3) is 0 Å². The van der Waals surface area contributed by atoms with E-state index in [1.165, 1.54) is 6.26 Å². The highest BCUT2D eigenvalue weighted by Crippen LogP contribution is 2.67. The lowest BCUT2D eigenvalue weighted by Gasteiger charge is -2.63. The van der Waals surface area contributed by atoms with Crippen LogP contribution < -0.4 is 0 Å². The molecule has 0 aromatic carbocycles. The molecule has 28 heavy (non-hydrogen) atoms. The summed E-state index contributed by atoms with van der Waals surface area (Å²) < 4.78 is 23.1. The van der Waals surface area contributed by atoms with Crippen molar-refractivity contribution in [1.82, 2.24) is 0 Å². The number of fused-ring (bicyclic) bond motifs is 3. The van der Waals surface area contributed by atoms with Crippen LogP contribution in [0.4, 0.5) is 0 Å². The van der Waals surface area contributed by atoms with Crippen molar-refractivity contribution in [2.24, 2.45) is 17.3 Å². The molecule has 0 radical (unpaired) electrons. The van der Waals surface area contributed by atoms with Gasteiger partial charge in [0, 0.05) is 23.0 Å². The van der Waals surface area contributed by atoms with Crippen LogP contribution in [0.1, 0.15) is 13.8 Å². The molecule has 8 heteroatoms. The summed E-state index contributed by atoms with van der Waals surface area (Å²) in [5, 5.41) is 21.8. The molecule has 0 aromatic heterocycles. The smallest absolute Gasteiger partial charge is 0.190 e. The lowest BCUT2D eigenvalue weighted by molar-refractivity contribution is -0.210. The van der Waals surface area contributed by atoms with E-state index in [1.807, 2.05) is 13.8 Å². The third kappa shape index (κ3) is 1.47. The predicted octanol–water partition coefficient (Wildman–Crippen LogP) is -0.973. The molecule has 1 spiro atoms. The van der Waals surface area contributed by atoms with Gasteiger partial charge >= 0.3 is 0 Å². The van der Waals surface area contributed by atoms with Crippen molar-refractivity contribution in [3.8, 4) is 0 Å². The Hall–Kier alpha value is -1.58. The minimum absolute atomic E-state index is 0.113. The lowest BCUT2D eigenvalue weighted by Crippen LogP contribution is -2.72. The van der Waals surface area contributed by atoms with E-state index in [0.29, 0.717) is 16.7 Å². The van der Waals surface area contributed by atoms with Crippen LogP contribution in [0.3, 0.4) is 0 Å². The molecule has 2 bridgehead atoms. The zero-order valence-corrected chi connectivity index (χ0v) is 15.3. The number of aliphatic hydroxyl groups excluding tert-OH is 2. The van der Waals surface area contributed by atoms with Gasteiger partial charge in [-0.05, 0) is 19.4 Å². The van der Waals surface area contributed by atoms with Crippen molar-refractivity contribution in [1.29, 1.82) is 0 Å². The second-order valence-electron chi connectivity index (χ2n) is 9.09. The summed E-state index contributed by atoms with van der Waals surface area (Å²) in [5.74, 6) is -1.05. The van der Waals surface area contributed by atoms with Crippen molar-refractivity contribution in [2.75, 3.05) is 0 Å². The van der Waals surface area contributed by atoms with E-state index in [0.717, 1.165) is 0 Å². The first-order valence-corrected chi connectivity index (χ1v) is 9.90. The summed E-state index contributed by atoms with van der Waals surface area (Å²) >= 11 is 0. The molecule has 2 unspecified atom stereocenters. The molecule has 1 saturated carbocycles. The fraction of sp³-hybridized carbons (Fsp3) is 0.700. The number of carbonyl (C=O) groups is 2. The number of hydrogen-bond acceptors (Lipinski definition) is 8. The summed E-state index contributed by atoms with van der Waals surface area (Å²) in [4.78, 5) is 26.7. The van der Waals surface area contributed by atoms with Crippen molar-refractivity contribution in [3.63, 3.8) is 0 Å². The molecular formula is C20H20O8. The van der Waals surface area contributed by atoms with Crippen LogP contribution in [0.5, 0.6) is 0 Å². The molecule has 5 aliphatic heterocycles. The average Bonchev–Trinajstić information content (AvgIpc) is 3.57. The van der Waals surface area contributed by atoms with Crippen LogP contribution in [0, 0.1) is 17.3 Å². The molecule has 148 valence electrons. The third-order valence-electron chi connectivity index (χ3n) is 8.00. The summed E-state index contributed by atoms with van der Waals surface area (Å²) in [6, 6.07) is 0. The molecule has 2 N–H and O–H groups in total. The van der Waals surface area contributed by atoms with Crippen LogP contribution in [-0.2, 0) is 28.5 Å². The van der Waals surface area contributed by atoms with Gasteiger partial charge in [-0.1, -0.05) is 0 Å². The van der Waals surface area contributed by atoms with Crippen molar-refractivity contribution in [2.45, 2.75) is 68.8 Å². The Kier molecular flexibility index (Phi) is 2.67. The SMILES string of the molecule is C[C@@H]1O[C@H]2C3=C(C(=O)[C@@H]4OC4[C@H]3O)[C@@H]1[C@H]1[C@H](C)OC=C3[C@H](O)C4O[C@H]4C(=O)[C@@]312. The number of Topliss-reactive ketones (excluding diaryl/α,β-unsaturated/α-hetero) is 2. The fourth-order valence-electron chi connectivity index (χ4n) is 6.86. The minimum atomic E-state index is -1.19. The van der Waals surface area contributed by atoms with Gasteiger partial charge in [0.15, 0.2) is 11.6 Å². The first-order valence-electron chi connectivity index (χ1n) is 9.90. The quantitative estimate of drug-likeness (QED) is 0.509. The number of rotatable bonds is 0. The molecule has 4 fully saturated rings. The molecule has 0 amide bonds. The second-order valence-corrected chi connectivity index (χ2v) is 9.09. The number of aliphatic hydroxyl groups is 2. The molecule has 8 aliphatic rings. The van der Waals surface area contributed by atoms with Gasteiger partial charge < -0.3 is 29.2 Å². The Morgan fingerprint density at radius 3 is 2.46 bits per heavy atom. The largest absolute Gasteiger partial charge is 0.498 e. The third-order valence-corrected chi connectivity index (χ3v) is 8.00. The molecule has 5 heterocycles. The maximum absolute atomic E-state index is 13.7. The first kappa shape index (κ1) is 16.2. The topological polar surface area (TPSA) is 118 Å². The van der Waals surface area contributed by atoms with Crippen LogP contribution >= 0.6 is 0 Å². The number of hydrogen-bond donors (Lipinski definition) is 2. The Bertz CT molecular complexity index is 921. The average molecular weight is 388 g/mol. The van der Waals surface area contributed by atoms with Crippen molar-refractivity contribution < 1.29 is 38.7 Å². The molecule has 3 saturated heterocycles. The summed E-state index contributed by atoms with van der Waals surface area (Å²) in [6.07, 6.45) is -4.40. The van der Waals surface area contributed by atoms with Gasteiger partial charge in [-0.15, -0.1) is 0 Å². The summed E-state index contributed by atoms with van der Waals surface area (Å²) in [5.41, 5.74) is 0.269. The van der Waals surface area contributed by atoms with Crippen LogP contribution in [-0.4, -0.2) is 76.7 Å². The van der Waals surface area contributed by atoms with E-state index in [2.05, 4.69) is 0 Å². The van der Waals surface area contributed by atoms with E-state index in [4.69, 9.17) is 18.9 Å². The van der Waals surface area contributed by atoms with E-state index < -0.39 is 54.1 Å². The van der Waals surface area contributed by atoms with Gasteiger partial charge in [-0.25, -0.2) is 0 Å². The van der Waals surface area contributed by atoms with E-state index in [-0.39, 0.29) is 29.7 Å². The monoisotopic (exact) mass is 388 g/mol. The maximum Gasteiger partial charge on any atom is 0.190 e. The normalized spacial score (nSPS) is 60.0. The zero-order valence-electron chi connectivity index (χ0n) is 15.3. The molecule has 8 nitrogen and oxygen atoms in total. The van der Waals surface area contributed by atoms with Gasteiger partial charge in [0.2, 0.25) is 0 Å². The molecule has 8 rings (SSSR count). The molecule has 3 aliphatic carbocycles. The predicted molar refractivity (Wildman–Crippen MR) is 88.8 cm³/mol. The molecular weight excluding hydrogens is 368 g/mol. The van der Waals surface area contributed by atoms with Crippen LogP contribution in [0.2, 0.25) is 0 Å². The lowest BCUT2D eigenvalue weighted by atomic mass is 9.45. The standard InChI is InChI=1S/C20H20O8/c1-4-7-8-9(13(23)16-15(27-16)12(8)22)19(26-4)20-6(3-25-5(2)10(7)20)11(21)14-17(28-14)18(20)24/h3-5,7,10-11,13-17,19,21,23H,1-2H3/t4-,5-,7+,10+,11-,13-,14?,15-,16?,17+,19-,20+/m0/s1. The minimum Gasteiger partial charge on any atom is -0.498 e. The van der Waals surface area contributed by atoms with E-state index >= 15 is 0 Å². The van der Waals surface area contributed by atoms with Gasteiger partial charge in [-0.2, -0.15) is 0 Å². The Morgan fingerprint density at radius 1 is 0.964 bits per heavy atom. The Balaban J connectivity index is 1.52. The number of carbonyl (C=O) groups excluding carboxylic acids is 2. The fourth-order valence-corrected chi connectivity index (χ4v) is 6.86. The summed E-state index contributed by atoms with van der Waals surface area (Å²) in [6.45, 7) is 3.77.